The summed E-state index contributed by atoms with van der Waals surface area (Å²) >= 11 is 0. The number of rotatable bonds is 11. The maximum absolute atomic E-state index is 13.4. The summed E-state index contributed by atoms with van der Waals surface area (Å²) in [6.07, 6.45) is -0.112. The van der Waals surface area contributed by atoms with E-state index in [1.165, 1.54) is 0 Å². The minimum atomic E-state index is -3.80. The second-order valence-electron chi connectivity index (χ2n) is 6.12. The van der Waals surface area contributed by atoms with Crippen molar-refractivity contribution in [3.63, 3.8) is 0 Å². The maximum Gasteiger partial charge on any atom is 0.341 e. The van der Waals surface area contributed by atoms with Crippen LogP contribution in [0.1, 0.15) is 41.0 Å². The van der Waals surface area contributed by atoms with E-state index in [0.717, 1.165) is 0 Å². The first-order chi connectivity index (χ1) is 13.4. The molecule has 148 valence electrons. The van der Waals surface area contributed by atoms with E-state index in [4.69, 9.17) is 9.05 Å². The van der Waals surface area contributed by atoms with Crippen LogP contribution in [0.25, 0.3) is 0 Å². The predicted octanol–water partition coefficient (Wildman–Crippen LogP) is 5.33. The lowest BCUT2D eigenvalue weighted by Crippen LogP contribution is -2.26. The summed E-state index contributed by atoms with van der Waals surface area (Å²) in [4.78, 5) is 25.9. The fraction of sp³-hybridized carbons (Fsp3) is 0.273. The van der Waals surface area contributed by atoms with Crippen LogP contribution in [0, 0.1) is 0 Å². The third kappa shape index (κ3) is 5.35. The van der Waals surface area contributed by atoms with Crippen LogP contribution in [0.2, 0.25) is 0 Å². The number of benzene rings is 2. The molecule has 0 saturated carbocycles. The molecule has 0 heterocycles. The topological polar surface area (TPSA) is 69.7 Å². The molecule has 0 aliphatic heterocycles. The zero-order valence-electron chi connectivity index (χ0n) is 16.2. The lowest BCUT2D eigenvalue weighted by Gasteiger charge is -2.26. The average Bonchev–Trinajstić information content (AvgIpc) is 2.72. The summed E-state index contributed by atoms with van der Waals surface area (Å²) in [5.41, 5.74) is -0.122. The summed E-state index contributed by atoms with van der Waals surface area (Å²) in [6.45, 7) is 7.45. The summed E-state index contributed by atoms with van der Waals surface area (Å²) in [5, 5.41) is 0. The van der Waals surface area contributed by atoms with Crippen molar-refractivity contribution in [2.75, 3.05) is 13.2 Å². The number of carbonyl (C=O) groups excluding carboxylic acids is 2. The van der Waals surface area contributed by atoms with Crippen molar-refractivity contribution in [3.8, 4) is 0 Å². The third-order valence-corrected chi connectivity index (χ3v) is 6.57. The molecule has 0 spiro atoms. The van der Waals surface area contributed by atoms with Gasteiger partial charge in [0, 0.05) is 11.1 Å². The number of hydrogen-bond acceptors (Lipinski definition) is 5. The molecule has 0 bridgehead atoms. The van der Waals surface area contributed by atoms with Crippen LogP contribution in [0.5, 0.6) is 0 Å². The van der Waals surface area contributed by atoms with E-state index in [-0.39, 0.29) is 31.0 Å². The van der Waals surface area contributed by atoms with Gasteiger partial charge < -0.3 is 9.05 Å². The Balaban J connectivity index is 2.37. The number of hydrogen-bond donors (Lipinski definition) is 0. The van der Waals surface area contributed by atoms with Gasteiger partial charge in [0.2, 0.25) is 0 Å². The molecule has 0 radical (unpaired) electrons. The molecule has 0 N–H and O–H groups in total. The van der Waals surface area contributed by atoms with Crippen molar-refractivity contribution < 1.29 is 23.2 Å². The Morgan fingerprint density at radius 3 is 1.82 bits per heavy atom. The van der Waals surface area contributed by atoms with Crippen molar-refractivity contribution in [2.24, 2.45) is 0 Å². The normalized spacial score (nSPS) is 12.4. The Kier molecular flexibility index (Phi) is 8.06. The van der Waals surface area contributed by atoms with Crippen LogP contribution < -0.4 is 0 Å². The Morgan fingerprint density at radius 2 is 1.36 bits per heavy atom. The largest absolute Gasteiger partial charge is 0.341 e. The van der Waals surface area contributed by atoms with Crippen LogP contribution in [-0.2, 0) is 13.6 Å². The molecule has 1 atom stereocenters. The van der Waals surface area contributed by atoms with Crippen LogP contribution in [0.3, 0.4) is 0 Å². The minimum absolute atomic E-state index is 0.112. The molecule has 0 aliphatic carbocycles. The Labute approximate surface area is 165 Å². The highest BCUT2D eigenvalue weighted by atomic mass is 31.2. The molecule has 2 aromatic carbocycles. The van der Waals surface area contributed by atoms with Gasteiger partial charge in [-0.05, 0) is 25.8 Å². The number of Topliss-reactive ketones (excluding diaryl/α,β-unsaturated/α-hetero) is 2. The highest BCUT2D eigenvalue weighted by Gasteiger charge is 2.42. The van der Waals surface area contributed by atoms with Crippen LogP contribution in [-0.4, -0.2) is 30.4 Å². The van der Waals surface area contributed by atoms with E-state index in [1.54, 1.807) is 74.5 Å². The number of carbonyl (C=O) groups is 2. The Hall–Kier alpha value is -2.33. The maximum atomic E-state index is 13.4. The Morgan fingerprint density at radius 1 is 0.893 bits per heavy atom. The molecule has 2 aromatic rings. The molecule has 0 aromatic heterocycles. The van der Waals surface area contributed by atoms with Gasteiger partial charge in [-0.3, -0.25) is 14.2 Å². The molecule has 2 rings (SSSR count). The molecule has 1 unspecified atom stereocenters. The second-order valence-corrected chi connectivity index (χ2v) is 8.34. The molecular weight excluding hydrogens is 375 g/mol. The highest BCUT2D eigenvalue weighted by molar-refractivity contribution is 7.55. The SMILES string of the molecule is C=C(CC(C(=O)c1ccccc1)P(=O)(OCC)OCC)C(=O)c1ccccc1. The van der Waals surface area contributed by atoms with Gasteiger partial charge in [-0.25, -0.2) is 0 Å². The molecule has 5 nitrogen and oxygen atoms in total. The number of ketones is 2. The zero-order valence-corrected chi connectivity index (χ0v) is 17.1. The fourth-order valence-electron chi connectivity index (χ4n) is 2.84. The number of allylic oxidation sites excluding steroid dienone is 1. The van der Waals surface area contributed by atoms with Crippen LogP contribution >= 0.6 is 7.60 Å². The van der Waals surface area contributed by atoms with Crippen molar-refractivity contribution >= 4 is 19.2 Å². The van der Waals surface area contributed by atoms with Crippen LogP contribution in [0.15, 0.2) is 72.8 Å². The summed E-state index contributed by atoms with van der Waals surface area (Å²) in [7, 11) is -3.80. The molecule has 0 aliphatic rings. The van der Waals surface area contributed by atoms with Gasteiger partial charge in [-0.2, -0.15) is 0 Å². The van der Waals surface area contributed by atoms with E-state index in [9.17, 15) is 14.2 Å². The van der Waals surface area contributed by atoms with Gasteiger partial charge in [0.05, 0.1) is 13.2 Å². The smallest absolute Gasteiger partial charge is 0.308 e. The predicted molar refractivity (Wildman–Crippen MR) is 110 cm³/mol. The van der Waals surface area contributed by atoms with Crippen LogP contribution in [0.4, 0.5) is 0 Å². The van der Waals surface area contributed by atoms with E-state index in [0.29, 0.717) is 11.1 Å². The highest BCUT2D eigenvalue weighted by Crippen LogP contribution is 2.55. The van der Waals surface area contributed by atoms with E-state index in [1.807, 2.05) is 0 Å². The molecular formula is C22H25O5P. The van der Waals surface area contributed by atoms with Gasteiger partial charge in [0.15, 0.2) is 11.6 Å². The van der Waals surface area contributed by atoms with E-state index >= 15 is 0 Å². The molecule has 0 saturated heterocycles. The average molecular weight is 400 g/mol. The van der Waals surface area contributed by atoms with E-state index in [2.05, 4.69) is 6.58 Å². The first kappa shape index (κ1) is 22.0. The van der Waals surface area contributed by atoms with Gasteiger partial charge in [0.1, 0.15) is 5.66 Å². The quantitative estimate of drug-likeness (QED) is 0.290. The van der Waals surface area contributed by atoms with Crippen molar-refractivity contribution in [1.29, 1.82) is 0 Å². The van der Waals surface area contributed by atoms with Gasteiger partial charge >= 0.3 is 7.60 Å². The zero-order chi connectivity index (χ0) is 20.6. The molecule has 6 heteroatoms. The van der Waals surface area contributed by atoms with Gasteiger partial charge in [0.25, 0.3) is 0 Å². The van der Waals surface area contributed by atoms with Gasteiger partial charge in [-0.1, -0.05) is 67.2 Å². The lowest BCUT2D eigenvalue weighted by atomic mass is 9.97. The van der Waals surface area contributed by atoms with E-state index < -0.39 is 19.0 Å². The van der Waals surface area contributed by atoms with Crippen molar-refractivity contribution in [1.82, 2.24) is 0 Å². The fourth-order valence-corrected chi connectivity index (χ4v) is 4.87. The van der Waals surface area contributed by atoms with Crippen molar-refractivity contribution in [3.05, 3.63) is 83.9 Å². The molecule has 28 heavy (non-hydrogen) atoms. The molecule has 0 fully saturated rings. The lowest BCUT2D eigenvalue weighted by molar-refractivity contribution is 0.0964. The Bertz CT molecular complexity index is 851. The summed E-state index contributed by atoms with van der Waals surface area (Å²) in [5.74, 6) is -0.696. The standard InChI is InChI=1S/C22H25O5P/c1-4-26-28(25,27-5-2)20(22(24)19-14-10-7-11-15-19)16-17(3)21(23)18-12-8-6-9-13-18/h6-15,20H,3-5,16H2,1-2H3. The third-order valence-electron chi connectivity index (χ3n) is 4.16. The summed E-state index contributed by atoms with van der Waals surface area (Å²) < 4.78 is 24.2. The second kappa shape index (κ2) is 10.3. The van der Waals surface area contributed by atoms with Gasteiger partial charge in [-0.15, -0.1) is 0 Å². The monoisotopic (exact) mass is 400 g/mol. The van der Waals surface area contributed by atoms with Crippen molar-refractivity contribution in [2.45, 2.75) is 25.9 Å². The molecule has 0 amide bonds. The first-order valence-corrected chi connectivity index (χ1v) is 10.8. The first-order valence-electron chi connectivity index (χ1n) is 9.18. The summed E-state index contributed by atoms with van der Waals surface area (Å²) in [6, 6.07) is 17.2. The minimum Gasteiger partial charge on any atom is -0.308 e.